The van der Waals surface area contributed by atoms with Gasteiger partial charge >= 0.3 is 0 Å². The number of rotatable bonds is 7. The Morgan fingerprint density at radius 1 is 1.13 bits per heavy atom. The van der Waals surface area contributed by atoms with Crippen LogP contribution in [0.4, 0.5) is 27.8 Å². The van der Waals surface area contributed by atoms with Crippen molar-refractivity contribution in [1.29, 1.82) is 0 Å². The summed E-state index contributed by atoms with van der Waals surface area (Å²) in [6.07, 6.45) is 4.70. The first kappa shape index (κ1) is 19.6. The van der Waals surface area contributed by atoms with E-state index < -0.39 is 5.82 Å². The summed E-state index contributed by atoms with van der Waals surface area (Å²) in [5.74, 6) is 3.12. The lowest BCUT2D eigenvalue weighted by Gasteiger charge is -2.28. The van der Waals surface area contributed by atoms with Gasteiger partial charge in [0.05, 0.1) is 31.6 Å². The highest BCUT2D eigenvalue weighted by Crippen LogP contribution is 2.39. The van der Waals surface area contributed by atoms with Gasteiger partial charge in [0.25, 0.3) is 0 Å². The zero-order valence-electron chi connectivity index (χ0n) is 17.2. The van der Waals surface area contributed by atoms with E-state index in [1.807, 2.05) is 19.1 Å². The van der Waals surface area contributed by atoms with Crippen molar-refractivity contribution in [2.75, 3.05) is 41.8 Å². The van der Waals surface area contributed by atoms with E-state index in [0.29, 0.717) is 36.7 Å². The highest BCUT2D eigenvalue weighted by atomic mass is 19.1. The number of ether oxygens (including phenoxy) is 1. The molecule has 31 heavy (non-hydrogen) atoms. The lowest BCUT2D eigenvalue weighted by atomic mass is 10.3. The number of aromatic amines is 1. The van der Waals surface area contributed by atoms with Crippen LogP contribution in [0.2, 0.25) is 0 Å². The Kier molecular flexibility index (Phi) is 5.33. The van der Waals surface area contributed by atoms with Crippen molar-refractivity contribution in [2.45, 2.75) is 31.7 Å². The third-order valence-electron chi connectivity index (χ3n) is 5.29. The Labute approximate surface area is 178 Å². The molecule has 2 fully saturated rings. The fraction of sp³-hybridized carbons (Fsp3) is 0.450. The Morgan fingerprint density at radius 3 is 2.65 bits per heavy atom. The molecule has 0 unspecified atom stereocenters. The Balaban J connectivity index is 1.39. The monoisotopic (exact) mass is 425 g/mol. The van der Waals surface area contributed by atoms with Gasteiger partial charge in [-0.1, -0.05) is 0 Å². The number of morpholine rings is 1. The van der Waals surface area contributed by atoms with E-state index in [9.17, 15) is 4.39 Å². The smallest absolute Gasteiger partial charge is 0.227 e. The summed E-state index contributed by atoms with van der Waals surface area (Å²) in [6.45, 7) is 4.68. The van der Waals surface area contributed by atoms with E-state index >= 15 is 0 Å². The van der Waals surface area contributed by atoms with E-state index in [1.165, 1.54) is 12.8 Å². The first-order valence-corrected chi connectivity index (χ1v) is 10.4. The lowest BCUT2D eigenvalue weighted by molar-refractivity contribution is 0.122. The minimum absolute atomic E-state index is 0.305. The van der Waals surface area contributed by atoms with Gasteiger partial charge in [-0.25, -0.2) is 14.4 Å². The summed E-state index contributed by atoms with van der Waals surface area (Å²) in [6, 6.07) is 3.62. The second-order valence-corrected chi connectivity index (χ2v) is 7.77. The van der Waals surface area contributed by atoms with Crippen LogP contribution in [-0.2, 0) is 4.74 Å². The second kappa shape index (κ2) is 8.42. The Bertz CT molecular complexity index is 1030. The van der Waals surface area contributed by atoms with Gasteiger partial charge in [-0.3, -0.25) is 5.10 Å². The van der Waals surface area contributed by atoms with Gasteiger partial charge < -0.3 is 20.3 Å². The molecule has 10 nitrogen and oxygen atoms in total. The molecule has 3 N–H and O–H groups in total. The highest BCUT2D eigenvalue weighted by Gasteiger charge is 2.25. The maximum Gasteiger partial charge on any atom is 0.227 e. The number of aromatic nitrogens is 6. The summed E-state index contributed by atoms with van der Waals surface area (Å²) in [5, 5.41) is 13.9. The van der Waals surface area contributed by atoms with Crippen LogP contribution in [0.25, 0.3) is 0 Å². The molecule has 1 saturated carbocycles. The molecule has 0 radical (unpaired) electrons. The third kappa shape index (κ3) is 4.71. The SMILES string of the molecule is C[C@H](Nc1nc(Nc2cc(C3CC3)[nH]n2)cc(N2CCOCC2)n1)c1ncc(F)cn1. The van der Waals surface area contributed by atoms with Crippen molar-refractivity contribution >= 4 is 23.4 Å². The first-order valence-electron chi connectivity index (χ1n) is 10.4. The van der Waals surface area contributed by atoms with Crippen molar-refractivity contribution in [2.24, 2.45) is 0 Å². The van der Waals surface area contributed by atoms with Crippen LogP contribution < -0.4 is 15.5 Å². The number of H-pyrrole nitrogens is 1. The minimum Gasteiger partial charge on any atom is -0.378 e. The standard InChI is InChI=1S/C20H24FN9O/c1-12(19-22-10-14(21)11-23-19)24-20-26-16(9-18(27-20)30-4-6-31-7-5-30)25-17-8-15(28-29-17)13-2-3-13/h8-13H,2-7H2,1H3,(H3,24,25,26,27,28,29)/t12-/m0/s1. The van der Waals surface area contributed by atoms with E-state index in [4.69, 9.17) is 4.74 Å². The van der Waals surface area contributed by atoms with Gasteiger partial charge in [-0.05, 0) is 19.8 Å². The first-order chi connectivity index (χ1) is 15.1. The minimum atomic E-state index is -0.474. The van der Waals surface area contributed by atoms with Gasteiger partial charge in [-0.2, -0.15) is 15.1 Å². The quantitative estimate of drug-likeness (QED) is 0.525. The maximum absolute atomic E-state index is 13.1. The van der Waals surface area contributed by atoms with Crippen LogP contribution in [0.1, 0.15) is 43.2 Å². The molecule has 1 aliphatic heterocycles. The molecule has 162 valence electrons. The molecule has 0 bridgehead atoms. The van der Waals surface area contributed by atoms with Crippen LogP contribution in [0.5, 0.6) is 0 Å². The largest absolute Gasteiger partial charge is 0.378 e. The van der Waals surface area contributed by atoms with E-state index in [-0.39, 0.29) is 6.04 Å². The molecule has 11 heteroatoms. The van der Waals surface area contributed by atoms with E-state index in [0.717, 1.165) is 42.8 Å². The van der Waals surface area contributed by atoms with Crippen molar-refractivity contribution in [1.82, 2.24) is 30.1 Å². The normalized spacial score (nSPS) is 17.4. The molecule has 0 amide bonds. The Morgan fingerprint density at radius 2 is 1.90 bits per heavy atom. The summed E-state index contributed by atoms with van der Waals surface area (Å²) in [5.41, 5.74) is 1.14. The van der Waals surface area contributed by atoms with Gasteiger partial charge in [0, 0.05) is 36.8 Å². The summed E-state index contributed by atoms with van der Waals surface area (Å²) < 4.78 is 18.6. The molecule has 4 heterocycles. The number of hydrogen-bond acceptors (Lipinski definition) is 9. The predicted molar refractivity (Wildman–Crippen MR) is 113 cm³/mol. The molecule has 2 aliphatic rings. The Hall–Kier alpha value is -3.34. The topological polar surface area (TPSA) is 117 Å². The molecular formula is C20H24FN9O. The van der Waals surface area contributed by atoms with Gasteiger partial charge in [-0.15, -0.1) is 0 Å². The van der Waals surface area contributed by atoms with Crippen LogP contribution in [0.3, 0.4) is 0 Å². The fourth-order valence-electron chi connectivity index (χ4n) is 3.46. The molecule has 0 aromatic carbocycles. The van der Waals surface area contributed by atoms with Gasteiger partial charge in [0.1, 0.15) is 17.5 Å². The van der Waals surface area contributed by atoms with Crippen molar-refractivity contribution < 1.29 is 9.13 Å². The average Bonchev–Trinajstić information content (AvgIpc) is 3.54. The highest BCUT2D eigenvalue weighted by molar-refractivity contribution is 5.60. The van der Waals surface area contributed by atoms with Crippen molar-refractivity contribution in [3.63, 3.8) is 0 Å². The number of nitrogens with one attached hydrogen (secondary N) is 3. The van der Waals surface area contributed by atoms with Gasteiger partial charge in [0.15, 0.2) is 11.6 Å². The molecular weight excluding hydrogens is 401 g/mol. The predicted octanol–water partition coefficient (Wildman–Crippen LogP) is 2.76. The molecule has 1 atom stereocenters. The second-order valence-electron chi connectivity index (χ2n) is 7.77. The average molecular weight is 425 g/mol. The van der Waals surface area contributed by atoms with Gasteiger partial charge in [0.2, 0.25) is 5.95 Å². The lowest BCUT2D eigenvalue weighted by Crippen LogP contribution is -2.37. The van der Waals surface area contributed by atoms with Crippen LogP contribution in [0, 0.1) is 5.82 Å². The molecule has 3 aromatic rings. The molecule has 5 rings (SSSR count). The third-order valence-corrected chi connectivity index (χ3v) is 5.29. The number of anilines is 4. The zero-order valence-corrected chi connectivity index (χ0v) is 17.2. The van der Waals surface area contributed by atoms with Crippen molar-refractivity contribution in [3.8, 4) is 0 Å². The van der Waals surface area contributed by atoms with Crippen LogP contribution in [-0.4, -0.2) is 56.4 Å². The molecule has 1 saturated heterocycles. The zero-order chi connectivity index (χ0) is 21.2. The molecule has 3 aromatic heterocycles. The van der Waals surface area contributed by atoms with Crippen molar-refractivity contribution in [3.05, 3.63) is 41.9 Å². The summed E-state index contributed by atoms with van der Waals surface area (Å²) in [4.78, 5) is 19.5. The fourth-order valence-corrected chi connectivity index (χ4v) is 3.46. The maximum atomic E-state index is 13.1. The number of halogens is 1. The van der Waals surface area contributed by atoms with E-state index in [2.05, 4.69) is 45.7 Å². The summed E-state index contributed by atoms with van der Waals surface area (Å²) in [7, 11) is 0. The summed E-state index contributed by atoms with van der Waals surface area (Å²) >= 11 is 0. The van der Waals surface area contributed by atoms with E-state index in [1.54, 1.807) is 0 Å². The number of nitrogens with zero attached hydrogens (tertiary/aromatic N) is 6. The van der Waals surface area contributed by atoms with Crippen LogP contribution in [0.15, 0.2) is 24.5 Å². The molecule has 1 aliphatic carbocycles. The molecule has 0 spiro atoms. The van der Waals surface area contributed by atoms with Crippen LogP contribution >= 0.6 is 0 Å². The number of hydrogen-bond donors (Lipinski definition) is 3.